The quantitative estimate of drug-likeness (QED) is 0.673. The monoisotopic (exact) mass is 279 g/mol. The smallest absolute Gasteiger partial charge is 0.313 e. The van der Waals surface area contributed by atoms with Crippen LogP contribution < -0.4 is 5.73 Å². The number of nitrogens with two attached hydrogens (primary N) is 1. The Morgan fingerprint density at radius 2 is 1.89 bits per heavy atom. The lowest BCUT2D eigenvalue weighted by molar-refractivity contribution is -0.155. The average molecular weight is 279 g/mol. The third kappa shape index (κ3) is 4.24. The number of rotatable bonds is 8. The molecule has 0 aliphatic heterocycles. The third-order valence-corrected chi connectivity index (χ3v) is 5.57. The van der Waals surface area contributed by atoms with Crippen LogP contribution in [0.2, 0.25) is 0 Å². The Morgan fingerprint density at radius 3 is 2.22 bits per heavy atom. The molecule has 0 rings (SSSR count). The minimum absolute atomic E-state index is 0.0332. The Balaban J connectivity index is 4.89. The summed E-state index contributed by atoms with van der Waals surface area (Å²) in [6.45, 7) is 7.20. The van der Waals surface area contributed by atoms with Crippen molar-refractivity contribution in [3.05, 3.63) is 0 Å². The lowest BCUT2D eigenvalue weighted by Crippen LogP contribution is -2.41. The van der Waals surface area contributed by atoms with E-state index in [-0.39, 0.29) is 25.3 Å². The maximum Gasteiger partial charge on any atom is 0.313 e. The molecule has 0 amide bonds. The van der Waals surface area contributed by atoms with Crippen molar-refractivity contribution in [3.8, 4) is 0 Å². The summed E-state index contributed by atoms with van der Waals surface area (Å²) in [5.41, 5.74) is 4.78. The largest absolute Gasteiger partial charge is 0.466 e. The zero-order valence-corrected chi connectivity index (χ0v) is 12.5. The lowest BCUT2D eigenvalue weighted by Gasteiger charge is -2.28. The van der Waals surface area contributed by atoms with E-state index in [9.17, 15) is 13.2 Å². The highest BCUT2D eigenvalue weighted by molar-refractivity contribution is 7.91. The first-order valence-electron chi connectivity index (χ1n) is 6.34. The molecule has 0 bridgehead atoms. The number of hydrogen-bond donors (Lipinski definition) is 1. The van der Waals surface area contributed by atoms with E-state index < -0.39 is 26.5 Å². The first-order chi connectivity index (χ1) is 8.25. The van der Waals surface area contributed by atoms with Gasteiger partial charge in [-0.2, -0.15) is 0 Å². The van der Waals surface area contributed by atoms with Gasteiger partial charge in [0.15, 0.2) is 9.84 Å². The molecule has 5 nitrogen and oxygen atoms in total. The summed E-state index contributed by atoms with van der Waals surface area (Å²) < 4.78 is 28.6. The molecule has 0 aromatic rings. The summed E-state index contributed by atoms with van der Waals surface area (Å²) in [5, 5.41) is -0.438. The normalized spacial score (nSPS) is 15.4. The van der Waals surface area contributed by atoms with Gasteiger partial charge in [0.1, 0.15) is 0 Å². The summed E-state index contributed by atoms with van der Waals surface area (Å²) >= 11 is 0. The van der Waals surface area contributed by atoms with Crippen LogP contribution in [0.1, 0.15) is 40.5 Å². The van der Waals surface area contributed by atoms with Crippen molar-refractivity contribution >= 4 is 15.8 Å². The molecule has 108 valence electrons. The van der Waals surface area contributed by atoms with E-state index in [1.807, 2.05) is 6.92 Å². The van der Waals surface area contributed by atoms with Crippen LogP contribution >= 0.6 is 0 Å². The van der Waals surface area contributed by atoms with E-state index in [4.69, 9.17) is 10.5 Å². The molecular weight excluding hydrogens is 254 g/mol. The molecule has 0 aliphatic carbocycles. The van der Waals surface area contributed by atoms with E-state index in [2.05, 4.69) is 0 Å². The number of sulfone groups is 1. The van der Waals surface area contributed by atoms with Crippen molar-refractivity contribution in [2.75, 3.05) is 18.9 Å². The molecule has 0 fully saturated rings. The predicted molar refractivity (Wildman–Crippen MR) is 72.0 cm³/mol. The Labute approximate surface area is 110 Å². The number of esters is 1. The van der Waals surface area contributed by atoms with Crippen molar-refractivity contribution in [2.24, 2.45) is 11.1 Å². The summed E-state index contributed by atoms with van der Waals surface area (Å²) in [7, 11) is -3.16. The molecule has 1 unspecified atom stereocenters. The van der Waals surface area contributed by atoms with Gasteiger partial charge in [-0.1, -0.05) is 6.92 Å². The second-order valence-electron chi connectivity index (χ2n) is 4.72. The number of hydrogen-bond acceptors (Lipinski definition) is 5. The van der Waals surface area contributed by atoms with Crippen LogP contribution in [0.15, 0.2) is 0 Å². The molecule has 0 aromatic carbocycles. The fourth-order valence-electron chi connectivity index (χ4n) is 1.61. The fourth-order valence-corrected chi connectivity index (χ4v) is 2.76. The van der Waals surface area contributed by atoms with Crippen LogP contribution in [0.4, 0.5) is 0 Å². The second kappa shape index (κ2) is 7.09. The Morgan fingerprint density at radius 1 is 1.33 bits per heavy atom. The second-order valence-corrected chi connectivity index (χ2v) is 7.40. The van der Waals surface area contributed by atoms with Gasteiger partial charge in [0.05, 0.1) is 23.0 Å². The number of carbonyl (C=O) groups excluding carboxylic acids is 1. The van der Waals surface area contributed by atoms with Crippen molar-refractivity contribution in [2.45, 2.75) is 45.8 Å². The fraction of sp³-hybridized carbons (Fsp3) is 0.917. The van der Waals surface area contributed by atoms with Gasteiger partial charge in [0, 0.05) is 6.54 Å². The maximum absolute atomic E-state index is 11.9. The van der Waals surface area contributed by atoms with E-state index in [1.165, 1.54) is 0 Å². The van der Waals surface area contributed by atoms with Crippen molar-refractivity contribution in [1.29, 1.82) is 0 Å². The van der Waals surface area contributed by atoms with Crippen LogP contribution in [0, 0.1) is 5.41 Å². The zero-order chi connectivity index (χ0) is 14.4. The highest BCUT2D eigenvalue weighted by atomic mass is 32.2. The molecule has 0 spiro atoms. The highest BCUT2D eigenvalue weighted by Crippen LogP contribution is 2.28. The van der Waals surface area contributed by atoms with Gasteiger partial charge in [-0.3, -0.25) is 4.79 Å². The van der Waals surface area contributed by atoms with Gasteiger partial charge in [0.2, 0.25) is 0 Å². The number of ether oxygens (including phenoxy) is 1. The molecular formula is C12H25NO4S. The highest BCUT2D eigenvalue weighted by Gasteiger charge is 2.38. The molecule has 18 heavy (non-hydrogen) atoms. The molecule has 0 saturated heterocycles. The van der Waals surface area contributed by atoms with Crippen molar-refractivity contribution in [3.63, 3.8) is 0 Å². The molecule has 6 heteroatoms. The topological polar surface area (TPSA) is 86.5 Å². The van der Waals surface area contributed by atoms with Crippen molar-refractivity contribution < 1.29 is 17.9 Å². The van der Waals surface area contributed by atoms with Crippen LogP contribution in [0.3, 0.4) is 0 Å². The van der Waals surface area contributed by atoms with Crippen LogP contribution in [-0.4, -0.2) is 38.5 Å². The molecule has 0 saturated carbocycles. The summed E-state index contributed by atoms with van der Waals surface area (Å²) in [6, 6.07) is 0. The Bertz CT molecular complexity index is 358. The van der Waals surface area contributed by atoms with E-state index >= 15 is 0 Å². The maximum atomic E-state index is 11.9. The summed E-state index contributed by atoms with van der Waals surface area (Å²) in [5.74, 6) is -0.428. The van der Waals surface area contributed by atoms with E-state index in [0.29, 0.717) is 6.42 Å². The number of carbonyl (C=O) groups is 1. The van der Waals surface area contributed by atoms with Crippen molar-refractivity contribution in [1.82, 2.24) is 0 Å². The average Bonchev–Trinajstić information content (AvgIpc) is 2.31. The van der Waals surface area contributed by atoms with E-state index in [1.54, 1.807) is 20.8 Å². The van der Waals surface area contributed by atoms with Crippen LogP contribution in [-0.2, 0) is 19.4 Å². The minimum Gasteiger partial charge on any atom is -0.466 e. The SMILES string of the molecule is CCOC(=O)C(CC)(CN)CCS(=O)(=O)C(C)C. The van der Waals surface area contributed by atoms with Gasteiger partial charge >= 0.3 is 5.97 Å². The Kier molecular flexibility index (Phi) is 6.84. The van der Waals surface area contributed by atoms with E-state index in [0.717, 1.165) is 0 Å². The van der Waals surface area contributed by atoms with Gasteiger partial charge in [-0.15, -0.1) is 0 Å². The molecule has 0 aromatic heterocycles. The minimum atomic E-state index is -3.16. The standard InChI is InChI=1S/C12H25NO4S/c1-5-12(9-13,11(14)17-6-2)7-8-18(15,16)10(3)4/h10H,5-9,13H2,1-4H3. The molecule has 1 atom stereocenters. The first kappa shape index (κ1) is 17.4. The van der Waals surface area contributed by atoms with Gasteiger partial charge in [-0.25, -0.2) is 8.42 Å². The van der Waals surface area contributed by atoms with Crippen LogP contribution in [0.25, 0.3) is 0 Å². The molecule has 2 N–H and O–H groups in total. The molecule has 0 heterocycles. The molecule has 0 aliphatic rings. The Hall–Kier alpha value is -0.620. The summed E-state index contributed by atoms with van der Waals surface area (Å²) in [6.07, 6.45) is 0.704. The predicted octanol–water partition coefficient (Wildman–Crippen LogP) is 1.12. The van der Waals surface area contributed by atoms with Gasteiger partial charge < -0.3 is 10.5 Å². The molecule has 0 radical (unpaired) electrons. The zero-order valence-electron chi connectivity index (χ0n) is 11.7. The third-order valence-electron chi connectivity index (χ3n) is 3.36. The summed E-state index contributed by atoms with van der Waals surface area (Å²) in [4.78, 5) is 11.9. The first-order valence-corrected chi connectivity index (χ1v) is 8.06. The lowest BCUT2D eigenvalue weighted by atomic mass is 9.82. The van der Waals surface area contributed by atoms with Crippen LogP contribution in [0.5, 0.6) is 0 Å². The van der Waals surface area contributed by atoms with Gasteiger partial charge in [-0.05, 0) is 33.6 Å². The van der Waals surface area contributed by atoms with Gasteiger partial charge in [0.25, 0.3) is 0 Å².